The zero-order valence-corrected chi connectivity index (χ0v) is 18.4. The van der Waals surface area contributed by atoms with Crippen molar-refractivity contribution < 1.29 is 0 Å². The summed E-state index contributed by atoms with van der Waals surface area (Å²) < 4.78 is 1.98. The number of hydrogen-bond acceptors (Lipinski definition) is 5. The van der Waals surface area contributed by atoms with Gasteiger partial charge in [-0.25, -0.2) is 5.10 Å². The number of aromatic amines is 1. The molecule has 6 nitrogen and oxygen atoms in total. The summed E-state index contributed by atoms with van der Waals surface area (Å²) in [5, 5.41) is 11.6. The van der Waals surface area contributed by atoms with Crippen LogP contribution in [-0.4, -0.2) is 26.1 Å². The van der Waals surface area contributed by atoms with Crippen LogP contribution < -0.4 is 4.90 Å². The zero-order valence-electron chi connectivity index (χ0n) is 17.6. The number of nitrogens with zero attached hydrogens (tertiary/aromatic N) is 5. The van der Waals surface area contributed by atoms with Gasteiger partial charge >= 0.3 is 0 Å². The van der Waals surface area contributed by atoms with Crippen LogP contribution in [0.2, 0.25) is 0 Å². The lowest BCUT2D eigenvalue weighted by Gasteiger charge is -2.25. The fourth-order valence-corrected chi connectivity index (χ4v) is 3.67. The van der Waals surface area contributed by atoms with Gasteiger partial charge in [-0.2, -0.15) is 14.9 Å². The molecule has 1 N–H and O–H groups in total. The predicted octanol–water partition coefficient (Wildman–Crippen LogP) is 6.35. The maximum Gasteiger partial charge on any atom is 0.216 e. The monoisotopic (exact) mass is 448 g/mol. The van der Waals surface area contributed by atoms with Crippen LogP contribution in [0.4, 0.5) is 17.1 Å². The lowest BCUT2D eigenvalue weighted by atomic mass is 10.1. The number of aromatic nitrogens is 4. The molecule has 5 rings (SSSR count). The lowest BCUT2D eigenvalue weighted by molar-refractivity contribution is 0.867. The fourth-order valence-electron chi connectivity index (χ4n) is 3.49. The van der Waals surface area contributed by atoms with Crippen molar-refractivity contribution >= 4 is 35.5 Å². The van der Waals surface area contributed by atoms with E-state index < -0.39 is 0 Å². The van der Waals surface area contributed by atoms with Gasteiger partial charge in [0.05, 0.1) is 6.21 Å². The number of nitrogens with one attached hydrogen (secondary N) is 1. The van der Waals surface area contributed by atoms with Gasteiger partial charge in [0.25, 0.3) is 0 Å². The molecule has 0 amide bonds. The molecule has 0 saturated carbocycles. The maximum atomic E-state index is 5.35. The van der Waals surface area contributed by atoms with Crippen molar-refractivity contribution in [2.24, 2.45) is 5.10 Å². The number of hydrogen-bond donors (Lipinski definition) is 1. The van der Waals surface area contributed by atoms with Crippen molar-refractivity contribution in [2.45, 2.75) is 0 Å². The van der Waals surface area contributed by atoms with E-state index in [2.05, 4.69) is 61.6 Å². The topological polar surface area (TPSA) is 62.1 Å². The van der Waals surface area contributed by atoms with E-state index in [1.807, 2.05) is 66.7 Å². The maximum absolute atomic E-state index is 5.35. The molecule has 0 fully saturated rings. The highest BCUT2D eigenvalue weighted by Crippen LogP contribution is 2.33. The van der Waals surface area contributed by atoms with Crippen molar-refractivity contribution in [3.05, 3.63) is 120 Å². The third-order valence-corrected chi connectivity index (χ3v) is 5.31. The Morgan fingerprint density at radius 1 is 0.758 bits per heavy atom. The average Bonchev–Trinajstić information content (AvgIpc) is 3.26. The number of rotatable bonds is 6. The molecule has 0 radical (unpaired) electrons. The Hall–Kier alpha value is -4.36. The minimum atomic E-state index is 0.405. The van der Waals surface area contributed by atoms with Crippen LogP contribution in [0.1, 0.15) is 5.56 Å². The van der Waals surface area contributed by atoms with Gasteiger partial charge in [0.15, 0.2) is 0 Å². The summed E-state index contributed by atoms with van der Waals surface area (Å²) in [6, 6.07) is 34.4. The molecule has 0 aliphatic carbocycles. The number of anilines is 3. The van der Waals surface area contributed by atoms with Crippen LogP contribution in [0.15, 0.2) is 114 Å². The molecular weight excluding hydrogens is 428 g/mol. The fraction of sp³-hybridized carbons (Fsp3) is 0. The van der Waals surface area contributed by atoms with Gasteiger partial charge in [-0.05, 0) is 66.3 Å². The number of benzene rings is 3. The summed E-state index contributed by atoms with van der Waals surface area (Å²) in [4.78, 5) is 6.55. The Morgan fingerprint density at radius 3 is 1.97 bits per heavy atom. The van der Waals surface area contributed by atoms with Crippen LogP contribution in [-0.2, 0) is 0 Å². The van der Waals surface area contributed by atoms with Gasteiger partial charge in [0.2, 0.25) is 10.6 Å². The minimum absolute atomic E-state index is 0.405. The summed E-state index contributed by atoms with van der Waals surface area (Å²) in [6.07, 6.45) is 3.47. The molecule has 0 bridgehead atoms. The van der Waals surface area contributed by atoms with E-state index in [1.165, 1.54) is 0 Å². The minimum Gasteiger partial charge on any atom is -0.311 e. The van der Waals surface area contributed by atoms with Crippen molar-refractivity contribution in [2.75, 3.05) is 4.90 Å². The molecule has 0 atom stereocenters. The van der Waals surface area contributed by atoms with Crippen molar-refractivity contribution in [1.82, 2.24) is 19.9 Å². The first-order valence-corrected chi connectivity index (χ1v) is 10.8. The van der Waals surface area contributed by atoms with Gasteiger partial charge < -0.3 is 4.90 Å². The average molecular weight is 449 g/mol. The largest absolute Gasteiger partial charge is 0.311 e. The van der Waals surface area contributed by atoms with Crippen molar-refractivity contribution in [3.63, 3.8) is 0 Å². The molecule has 0 aliphatic rings. The smallest absolute Gasteiger partial charge is 0.216 e. The van der Waals surface area contributed by atoms with Crippen LogP contribution in [0, 0.1) is 4.77 Å². The molecule has 2 heterocycles. The Balaban J connectivity index is 1.45. The first-order chi connectivity index (χ1) is 16.3. The number of H-pyrrole nitrogens is 1. The van der Waals surface area contributed by atoms with Crippen LogP contribution in [0.25, 0.3) is 11.5 Å². The van der Waals surface area contributed by atoms with Crippen LogP contribution in [0.5, 0.6) is 0 Å². The highest BCUT2D eigenvalue weighted by molar-refractivity contribution is 7.71. The van der Waals surface area contributed by atoms with E-state index >= 15 is 0 Å². The van der Waals surface area contributed by atoms with Crippen LogP contribution in [0.3, 0.4) is 0 Å². The standard InChI is InChI=1S/C26H20N6S/c33-26-30-29-25(24-13-7-8-18-27-24)32(26)28-19-20-14-16-23(17-15-20)31(21-9-3-1-4-10-21)22-11-5-2-6-12-22/h1-19H,(H,30,33). The second-order valence-electron chi connectivity index (χ2n) is 7.22. The summed E-state index contributed by atoms with van der Waals surface area (Å²) in [5.74, 6) is 0.563. The molecule has 0 spiro atoms. The Labute approximate surface area is 196 Å². The third-order valence-electron chi connectivity index (χ3n) is 5.05. The first-order valence-electron chi connectivity index (χ1n) is 10.4. The predicted molar refractivity (Wildman–Crippen MR) is 135 cm³/mol. The second kappa shape index (κ2) is 9.42. The summed E-state index contributed by atoms with van der Waals surface area (Å²) in [6.45, 7) is 0. The quantitative estimate of drug-likeness (QED) is 0.243. The van der Waals surface area contributed by atoms with Gasteiger partial charge in [-0.3, -0.25) is 4.98 Å². The van der Waals surface area contributed by atoms with E-state index in [9.17, 15) is 0 Å². The van der Waals surface area contributed by atoms with E-state index in [4.69, 9.17) is 12.2 Å². The molecule has 0 saturated heterocycles. The molecule has 3 aromatic carbocycles. The third kappa shape index (κ3) is 4.49. The SMILES string of the molecule is S=c1[nH]nc(-c2ccccn2)n1N=Cc1ccc(N(c2ccccc2)c2ccccc2)cc1. The van der Waals surface area contributed by atoms with Gasteiger partial charge in [0.1, 0.15) is 5.69 Å². The van der Waals surface area contributed by atoms with E-state index in [1.54, 1.807) is 17.1 Å². The van der Waals surface area contributed by atoms with Gasteiger partial charge in [-0.1, -0.05) is 54.6 Å². The highest BCUT2D eigenvalue weighted by Gasteiger charge is 2.12. The summed E-state index contributed by atoms with van der Waals surface area (Å²) in [7, 11) is 0. The molecule has 5 aromatic rings. The molecule has 7 heteroatoms. The van der Waals surface area contributed by atoms with Gasteiger partial charge in [0, 0.05) is 23.3 Å². The normalized spacial score (nSPS) is 11.0. The van der Waals surface area contributed by atoms with Crippen molar-refractivity contribution in [1.29, 1.82) is 0 Å². The zero-order chi connectivity index (χ0) is 22.5. The van der Waals surface area contributed by atoms with Crippen molar-refractivity contribution in [3.8, 4) is 11.5 Å². The second-order valence-corrected chi connectivity index (χ2v) is 7.61. The van der Waals surface area contributed by atoms with E-state index in [0.29, 0.717) is 16.3 Å². The lowest BCUT2D eigenvalue weighted by Crippen LogP contribution is -2.09. The molecule has 2 aromatic heterocycles. The molecule has 160 valence electrons. The first kappa shape index (κ1) is 20.5. The Morgan fingerprint density at radius 2 is 1.36 bits per heavy atom. The number of pyridine rings is 1. The van der Waals surface area contributed by atoms with E-state index in [-0.39, 0.29) is 0 Å². The van der Waals surface area contributed by atoms with Gasteiger partial charge in [-0.15, -0.1) is 0 Å². The highest BCUT2D eigenvalue weighted by atomic mass is 32.1. The molecule has 33 heavy (non-hydrogen) atoms. The molecule has 0 aliphatic heterocycles. The summed E-state index contributed by atoms with van der Waals surface area (Å²) in [5.41, 5.74) is 4.87. The molecule has 0 unspecified atom stereocenters. The Kier molecular flexibility index (Phi) is 5.86. The number of para-hydroxylation sites is 2. The molecular formula is C26H20N6S. The van der Waals surface area contributed by atoms with Crippen LogP contribution >= 0.6 is 12.2 Å². The van der Waals surface area contributed by atoms with E-state index in [0.717, 1.165) is 22.6 Å². The summed E-state index contributed by atoms with van der Waals surface area (Å²) >= 11 is 5.35. The Bertz CT molecular complexity index is 1370.